The van der Waals surface area contributed by atoms with E-state index < -0.39 is 28.1 Å². The Bertz CT molecular complexity index is 979. The van der Waals surface area contributed by atoms with Crippen molar-refractivity contribution in [1.29, 1.82) is 0 Å². The van der Waals surface area contributed by atoms with Crippen molar-refractivity contribution >= 4 is 15.9 Å². The number of ether oxygens (including phenoxy) is 1. The number of aromatic nitrogens is 1. The number of rotatable bonds is 7. The van der Waals surface area contributed by atoms with E-state index in [9.17, 15) is 18.3 Å². The van der Waals surface area contributed by atoms with Gasteiger partial charge in [0, 0.05) is 26.3 Å². The van der Waals surface area contributed by atoms with Crippen molar-refractivity contribution in [1.82, 2.24) is 14.2 Å². The molecule has 1 aromatic carbocycles. The summed E-state index contributed by atoms with van der Waals surface area (Å²) in [7, 11) is -0.423. The summed E-state index contributed by atoms with van der Waals surface area (Å²) >= 11 is 0. The normalized spacial score (nSPS) is 17.3. The quantitative estimate of drug-likeness (QED) is 0.693. The molecule has 0 radical (unpaired) electrons. The molecule has 3 rings (SSSR count). The molecule has 164 valence electrons. The number of piperidine rings is 1. The number of carbonyl (C=O) groups is 1. The van der Waals surface area contributed by atoms with E-state index in [0.29, 0.717) is 24.4 Å². The number of aliphatic hydroxyl groups excluding tert-OH is 1. The molecule has 0 saturated carbocycles. The van der Waals surface area contributed by atoms with Gasteiger partial charge >= 0.3 is 0 Å². The number of aryl methyl sites for hydroxylation is 1. The van der Waals surface area contributed by atoms with Gasteiger partial charge in [0.2, 0.25) is 10.0 Å². The number of sulfonamides is 1. The third-order valence-electron chi connectivity index (χ3n) is 5.45. The third kappa shape index (κ3) is 4.69. The second-order valence-corrected chi connectivity index (χ2v) is 9.55. The zero-order valence-electron chi connectivity index (χ0n) is 17.5. The molecule has 2 atom stereocenters. The highest BCUT2D eigenvalue weighted by atomic mass is 32.2. The number of nitrogens with zero attached hydrogens (tertiary/aromatic N) is 2. The van der Waals surface area contributed by atoms with Crippen molar-refractivity contribution < 1.29 is 23.1 Å². The third-order valence-corrected chi connectivity index (χ3v) is 7.32. The number of methoxy groups -OCH3 is 1. The first kappa shape index (κ1) is 22.3. The lowest BCUT2D eigenvalue weighted by molar-refractivity contribution is 0.0844. The number of hydrogen-bond acceptors (Lipinski definition) is 5. The first-order valence-electron chi connectivity index (χ1n) is 10.0. The number of aliphatic hydroxyl groups is 1. The molecule has 1 fully saturated rings. The van der Waals surface area contributed by atoms with Gasteiger partial charge in [-0.2, -0.15) is 4.31 Å². The van der Waals surface area contributed by atoms with Crippen LogP contribution in [0.2, 0.25) is 0 Å². The highest BCUT2D eigenvalue weighted by Crippen LogP contribution is 2.23. The summed E-state index contributed by atoms with van der Waals surface area (Å²) in [6, 6.07) is 7.76. The summed E-state index contributed by atoms with van der Waals surface area (Å²) in [6.45, 7) is 2.70. The topological polar surface area (TPSA) is 101 Å². The minimum absolute atomic E-state index is 0.111. The number of amides is 1. The largest absolute Gasteiger partial charge is 0.497 e. The Morgan fingerprint density at radius 3 is 2.40 bits per heavy atom. The maximum atomic E-state index is 12.9. The highest BCUT2D eigenvalue weighted by molar-refractivity contribution is 7.89. The van der Waals surface area contributed by atoms with Crippen LogP contribution in [0.3, 0.4) is 0 Å². The Morgan fingerprint density at radius 1 is 1.17 bits per heavy atom. The maximum Gasteiger partial charge on any atom is 0.268 e. The van der Waals surface area contributed by atoms with E-state index in [4.69, 9.17) is 4.74 Å². The fourth-order valence-corrected chi connectivity index (χ4v) is 5.19. The molecule has 2 aromatic rings. The summed E-state index contributed by atoms with van der Waals surface area (Å²) in [5, 5.41) is 13.3. The molecule has 0 unspecified atom stereocenters. The monoisotopic (exact) mass is 435 g/mol. The summed E-state index contributed by atoms with van der Waals surface area (Å²) < 4.78 is 33.8. The molecule has 2 N–H and O–H groups in total. The number of hydrogen-bond donors (Lipinski definition) is 2. The van der Waals surface area contributed by atoms with Crippen LogP contribution >= 0.6 is 0 Å². The number of benzene rings is 1. The molecule has 8 nitrogen and oxygen atoms in total. The fraction of sp³-hybridized carbons (Fsp3) is 0.476. The summed E-state index contributed by atoms with van der Waals surface area (Å²) in [6.07, 6.45) is 3.27. The van der Waals surface area contributed by atoms with E-state index in [2.05, 4.69) is 5.32 Å². The predicted octanol–water partition coefficient (Wildman–Crippen LogP) is 2.06. The SMILES string of the molecule is COc1ccc([C@@H](O)[C@H](C)NC(=O)c2cc(S(=O)(=O)N3CCCCC3)cn2C)cc1. The van der Waals surface area contributed by atoms with Crippen LogP contribution < -0.4 is 10.1 Å². The molecular weight excluding hydrogens is 406 g/mol. The Balaban J connectivity index is 1.72. The van der Waals surface area contributed by atoms with Gasteiger partial charge in [-0.1, -0.05) is 18.6 Å². The van der Waals surface area contributed by atoms with E-state index in [0.717, 1.165) is 19.3 Å². The van der Waals surface area contributed by atoms with Crippen LogP contribution in [0.4, 0.5) is 0 Å². The lowest BCUT2D eigenvalue weighted by Crippen LogP contribution is -2.37. The first-order chi connectivity index (χ1) is 14.2. The molecule has 2 heterocycles. The second-order valence-electron chi connectivity index (χ2n) is 7.62. The minimum Gasteiger partial charge on any atom is -0.497 e. The first-order valence-corrected chi connectivity index (χ1v) is 11.5. The summed E-state index contributed by atoms with van der Waals surface area (Å²) in [4.78, 5) is 12.9. The smallest absolute Gasteiger partial charge is 0.268 e. The fourth-order valence-electron chi connectivity index (χ4n) is 3.60. The van der Waals surface area contributed by atoms with Gasteiger partial charge in [-0.15, -0.1) is 0 Å². The molecule has 0 aliphatic carbocycles. The molecule has 1 saturated heterocycles. The average molecular weight is 436 g/mol. The molecule has 0 spiro atoms. The van der Waals surface area contributed by atoms with Crippen LogP contribution in [0.15, 0.2) is 41.4 Å². The van der Waals surface area contributed by atoms with Crippen LogP contribution in [0.1, 0.15) is 48.3 Å². The minimum atomic E-state index is -3.62. The van der Waals surface area contributed by atoms with E-state index in [1.165, 1.54) is 21.1 Å². The van der Waals surface area contributed by atoms with E-state index in [-0.39, 0.29) is 10.6 Å². The van der Waals surface area contributed by atoms with Gasteiger partial charge in [-0.05, 0) is 43.5 Å². The number of carbonyl (C=O) groups excluding carboxylic acids is 1. The van der Waals surface area contributed by atoms with Gasteiger partial charge in [0.25, 0.3) is 5.91 Å². The molecule has 9 heteroatoms. The van der Waals surface area contributed by atoms with Crippen LogP contribution in [0.25, 0.3) is 0 Å². The van der Waals surface area contributed by atoms with Gasteiger partial charge < -0.3 is 19.7 Å². The number of nitrogens with one attached hydrogen (secondary N) is 1. The van der Waals surface area contributed by atoms with Gasteiger partial charge in [0.15, 0.2) is 0 Å². The molecular formula is C21H29N3O5S. The molecule has 1 aliphatic rings. The van der Waals surface area contributed by atoms with Crippen molar-refractivity contribution in [2.45, 2.75) is 43.2 Å². The van der Waals surface area contributed by atoms with Crippen LogP contribution in [0.5, 0.6) is 5.75 Å². The van der Waals surface area contributed by atoms with Crippen molar-refractivity contribution in [3.05, 3.63) is 47.8 Å². The van der Waals surface area contributed by atoms with Crippen molar-refractivity contribution in [3.8, 4) is 5.75 Å². The van der Waals surface area contributed by atoms with Gasteiger partial charge in [0.05, 0.1) is 19.3 Å². The molecule has 1 aliphatic heterocycles. The Labute approximate surface area is 177 Å². The average Bonchev–Trinajstić information content (AvgIpc) is 3.16. The summed E-state index contributed by atoms with van der Waals surface area (Å²) in [5.41, 5.74) is 0.864. The van der Waals surface area contributed by atoms with E-state index >= 15 is 0 Å². The zero-order valence-corrected chi connectivity index (χ0v) is 18.4. The predicted molar refractivity (Wildman–Crippen MR) is 113 cm³/mol. The zero-order chi connectivity index (χ0) is 21.9. The van der Waals surface area contributed by atoms with E-state index in [1.54, 1.807) is 45.3 Å². The van der Waals surface area contributed by atoms with Crippen molar-refractivity contribution in [2.24, 2.45) is 7.05 Å². The van der Waals surface area contributed by atoms with Gasteiger partial charge in [0.1, 0.15) is 16.3 Å². The lowest BCUT2D eigenvalue weighted by atomic mass is 10.0. The lowest BCUT2D eigenvalue weighted by Gasteiger charge is -2.25. The van der Waals surface area contributed by atoms with Crippen molar-refractivity contribution in [2.75, 3.05) is 20.2 Å². The van der Waals surface area contributed by atoms with Crippen LogP contribution in [-0.2, 0) is 17.1 Å². The molecule has 0 bridgehead atoms. The van der Waals surface area contributed by atoms with Gasteiger partial charge in [-0.25, -0.2) is 8.42 Å². The maximum absolute atomic E-state index is 12.9. The Kier molecular flexibility index (Phi) is 6.84. The molecule has 1 aromatic heterocycles. The second kappa shape index (κ2) is 9.20. The molecule has 30 heavy (non-hydrogen) atoms. The van der Waals surface area contributed by atoms with Gasteiger partial charge in [-0.3, -0.25) is 4.79 Å². The van der Waals surface area contributed by atoms with E-state index in [1.807, 2.05) is 0 Å². The van der Waals surface area contributed by atoms with Crippen molar-refractivity contribution in [3.63, 3.8) is 0 Å². The summed E-state index contributed by atoms with van der Waals surface area (Å²) in [5.74, 6) is 0.228. The Hall–Kier alpha value is -2.36. The molecule has 1 amide bonds. The standard InChI is InChI=1S/C21H29N3O5S/c1-15(20(25)16-7-9-17(29-3)10-8-16)22-21(26)19-13-18(14-23(19)2)30(27,28)24-11-5-4-6-12-24/h7-10,13-15,20,25H,4-6,11-12H2,1-3H3,(H,22,26)/t15-,20-/m0/s1. The Morgan fingerprint density at radius 2 is 1.80 bits per heavy atom. The highest BCUT2D eigenvalue weighted by Gasteiger charge is 2.29. The van der Waals surface area contributed by atoms with Crippen LogP contribution in [-0.4, -0.2) is 54.5 Å². The van der Waals surface area contributed by atoms with Crippen LogP contribution in [0, 0.1) is 0 Å².